The van der Waals surface area contributed by atoms with Gasteiger partial charge in [0.15, 0.2) is 0 Å². The Hall–Kier alpha value is -3.41. The normalized spacial score (nSPS) is 18.5. The zero-order valence-electron chi connectivity index (χ0n) is 16.1. The number of para-hydroxylation sites is 1. The minimum absolute atomic E-state index is 0.0510. The molecule has 0 aliphatic carbocycles. The molecule has 2 aliphatic rings. The van der Waals surface area contributed by atoms with Crippen molar-refractivity contribution < 1.29 is 14.4 Å². The Morgan fingerprint density at radius 1 is 1.14 bits per heavy atom. The van der Waals surface area contributed by atoms with E-state index in [1.165, 1.54) is 16.0 Å². The highest BCUT2D eigenvalue weighted by molar-refractivity contribution is 6.45. The summed E-state index contributed by atoms with van der Waals surface area (Å²) < 4.78 is 0. The number of rotatable bonds is 2. The van der Waals surface area contributed by atoms with E-state index in [9.17, 15) is 14.4 Å². The van der Waals surface area contributed by atoms with Gasteiger partial charge < -0.3 is 14.8 Å². The molecule has 3 heterocycles. The Labute approximate surface area is 168 Å². The molecule has 0 saturated carbocycles. The first kappa shape index (κ1) is 17.7. The van der Waals surface area contributed by atoms with Gasteiger partial charge in [-0.1, -0.05) is 42.0 Å². The van der Waals surface area contributed by atoms with Crippen LogP contribution in [-0.2, 0) is 16.0 Å². The minimum Gasteiger partial charge on any atom is -0.360 e. The standard InChI is InChI=1S/C23H21N3O3/c1-14-6-7-16-15(10-14)8-9-26-20(16)12-25(13-21(26)27)23(29)22(28)18-11-24-19-5-3-2-4-17(18)19/h2-7,10-11,20,24H,8-9,12-13H2,1H3. The molecule has 1 unspecified atom stereocenters. The van der Waals surface area contributed by atoms with Gasteiger partial charge in [-0.15, -0.1) is 0 Å². The number of hydrogen-bond acceptors (Lipinski definition) is 3. The molecular weight excluding hydrogens is 366 g/mol. The van der Waals surface area contributed by atoms with Crippen LogP contribution in [-0.4, -0.2) is 52.0 Å². The van der Waals surface area contributed by atoms with Crippen LogP contribution < -0.4 is 0 Å². The SMILES string of the molecule is Cc1ccc2c(c1)CCN1C(=O)CN(C(=O)C(=O)c3c[nH]c4ccccc34)CC21. The average Bonchev–Trinajstić information content (AvgIpc) is 3.16. The number of amides is 2. The molecule has 1 saturated heterocycles. The van der Waals surface area contributed by atoms with Crippen LogP contribution in [0.4, 0.5) is 0 Å². The summed E-state index contributed by atoms with van der Waals surface area (Å²) in [6, 6.07) is 13.4. The number of carbonyl (C=O) groups excluding carboxylic acids is 3. The number of nitrogens with zero attached hydrogens (tertiary/aromatic N) is 2. The zero-order chi connectivity index (χ0) is 20.1. The molecule has 6 heteroatoms. The van der Waals surface area contributed by atoms with Crippen LogP contribution in [0.5, 0.6) is 0 Å². The summed E-state index contributed by atoms with van der Waals surface area (Å²) in [5, 5.41) is 0.717. The summed E-state index contributed by atoms with van der Waals surface area (Å²) in [6.45, 7) is 2.99. The number of nitrogens with one attached hydrogen (secondary N) is 1. The molecule has 0 bridgehead atoms. The van der Waals surface area contributed by atoms with Gasteiger partial charge in [-0.05, 0) is 30.5 Å². The molecule has 0 spiro atoms. The van der Waals surface area contributed by atoms with Crippen molar-refractivity contribution in [3.05, 3.63) is 70.9 Å². The molecule has 2 amide bonds. The molecule has 29 heavy (non-hydrogen) atoms. The van der Waals surface area contributed by atoms with Crippen molar-refractivity contribution in [2.24, 2.45) is 0 Å². The number of aromatic nitrogens is 1. The van der Waals surface area contributed by atoms with Crippen LogP contribution in [0.15, 0.2) is 48.7 Å². The molecule has 1 atom stereocenters. The van der Waals surface area contributed by atoms with Crippen LogP contribution in [0.3, 0.4) is 0 Å². The number of ketones is 1. The highest BCUT2D eigenvalue weighted by Crippen LogP contribution is 2.34. The highest BCUT2D eigenvalue weighted by Gasteiger charge is 2.40. The van der Waals surface area contributed by atoms with Crippen molar-refractivity contribution in [3.8, 4) is 0 Å². The molecule has 2 aromatic carbocycles. The molecule has 5 rings (SSSR count). The smallest absolute Gasteiger partial charge is 0.295 e. The molecule has 146 valence electrons. The minimum atomic E-state index is -0.623. The van der Waals surface area contributed by atoms with Crippen molar-refractivity contribution >= 4 is 28.5 Å². The number of carbonyl (C=O) groups is 3. The monoisotopic (exact) mass is 387 g/mol. The fourth-order valence-electron chi connectivity index (χ4n) is 4.54. The third-order valence-electron chi connectivity index (χ3n) is 6.01. The third kappa shape index (κ3) is 2.83. The predicted molar refractivity (Wildman–Crippen MR) is 109 cm³/mol. The first-order valence-corrected chi connectivity index (χ1v) is 9.81. The molecule has 3 aromatic rings. The number of hydrogen-bond donors (Lipinski definition) is 1. The predicted octanol–water partition coefficient (Wildman–Crippen LogP) is 2.63. The lowest BCUT2D eigenvalue weighted by Crippen LogP contribution is -2.56. The summed E-state index contributed by atoms with van der Waals surface area (Å²) in [4.78, 5) is 45.0. The summed E-state index contributed by atoms with van der Waals surface area (Å²) in [5.41, 5.74) is 4.63. The summed E-state index contributed by atoms with van der Waals surface area (Å²) in [5.74, 6) is -1.31. The highest BCUT2D eigenvalue weighted by atomic mass is 16.2. The number of piperazine rings is 1. The Kier molecular flexibility index (Phi) is 4.01. The van der Waals surface area contributed by atoms with Gasteiger partial charge in [0.2, 0.25) is 5.91 Å². The fourth-order valence-corrected chi connectivity index (χ4v) is 4.54. The van der Waals surface area contributed by atoms with Crippen LogP contribution in [0, 0.1) is 6.92 Å². The molecule has 1 fully saturated rings. The molecule has 6 nitrogen and oxygen atoms in total. The second-order valence-corrected chi connectivity index (χ2v) is 7.82. The van der Waals surface area contributed by atoms with Gasteiger partial charge in [-0.3, -0.25) is 14.4 Å². The molecular formula is C23H21N3O3. The number of aryl methyl sites for hydroxylation is 1. The largest absolute Gasteiger partial charge is 0.360 e. The van der Waals surface area contributed by atoms with Crippen molar-refractivity contribution in [2.45, 2.75) is 19.4 Å². The van der Waals surface area contributed by atoms with Crippen molar-refractivity contribution in [1.82, 2.24) is 14.8 Å². The fraction of sp³-hybridized carbons (Fsp3) is 0.261. The Morgan fingerprint density at radius 3 is 2.83 bits per heavy atom. The van der Waals surface area contributed by atoms with Gasteiger partial charge >= 0.3 is 0 Å². The van der Waals surface area contributed by atoms with E-state index in [2.05, 4.69) is 11.1 Å². The van der Waals surface area contributed by atoms with E-state index >= 15 is 0 Å². The zero-order valence-corrected chi connectivity index (χ0v) is 16.1. The number of fused-ring (bicyclic) bond motifs is 4. The summed E-state index contributed by atoms with van der Waals surface area (Å²) in [7, 11) is 0. The van der Waals surface area contributed by atoms with E-state index in [4.69, 9.17) is 0 Å². The Bertz CT molecular complexity index is 1160. The molecule has 2 aliphatic heterocycles. The van der Waals surface area contributed by atoms with E-state index < -0.39 is 11.7 Å². The maximum absolute atomic E-state index is 13.0. The van der Waals surface area contributed by atoms with Crippen LogP contribution in [0.1, 0.15) is 33.1 Å². The summed E-state index contributed by atoms with van der Waals surface area (Å²) in [6.07, 6.45) is 2.39. The van der Waals surface area contributed by atoms with Gasteiger partial charge in [-0.2, -0.15) is 0 Å². The van der Waals surface area contributed by atoms with Gasteiger partial charge in [0, 0.05) is 30.2 Å². The van der Waals surface area contributed by atoms with Crippen LogP contribution in [0.2, 0.25) is 0 Å². The second-order valence-electron chi connectivity index (χ2n) is 7.82. The van der Waals surface area contributed by atoms with Crippen molar-refractivity contribution in [3.63, 3.8) is 0 Å². The van der Waals surface area contributed by atoms with E-state index in [1.807, 2.05) is 48.2 Å². The maximum atomic E-state index is 13.0. The quantitative estimate of drug-likeness (QED) is 0.543. The first-order chi connectivity index (χ1) is 14.0. The number of aromatic amines is 1. The van der Waals surface area contributed by atoms with Gasteiger partial charge in [0.1, 0.15) is 6.54 Å². The lowest BCUT2D eigenvalue weighted by Gasteiger charge is -2.44. The molecule has 1 N–H and O–H groups in total. The Morgan fingerprint density at radius 2 is 1.97 bits per heavy atom. The Balaban J connectivity index is 1.45. The topological polar surface area (TPSA) is 73.5 Å². The van der Waals surface area contributed by atoms with Crippen LogP contribution >= 0.6 is 0 Å². The van der Waals surface area contributed by atoms with Crippen LogP contribution in [0.25, 0.3) is 10.9 Å². The third-order valence-corrected chi connectivity index (χ3v) is 6.01. The average molecular weight is 387 g/mol. The first-order valence-electron chi connectivity index (χ1n) is 9.81. The number of H-pyrrole nitrogens is 1. The summed E-state index contributed by atoms with van der Waals surface area (Å²) >= 11 is 0. The van der Waals surface area contributed by atoms with Gasteiger partial charge in [-0.25, -0.2) is 0 Å². The number of Topliss-reactive ketones (excluding diaryl/α,β-unsaturated/α-hetero) is 1. The van der Waals surface area contributed by atoms with Crippen molar-refractivity contribution in [2.75, 3.05) is 19.6 Å². The lowest BCUT2D eigenvalue weighted by atomic mass is 9.89. The van der Waals surface area contributed by atoms with Gasteiger partial charge in [0.05, 0.1) is 11.6 Å². The van der Waals surface area contributed by atoms with E-state index in [0.717, 1.165) is 17.5 Å². The molecule has 1 aromatic heterocycles. The van der Waals surface area contributed by atoms with E-state index in [-0.39, 0.29) is 18.5 Å². The maximum Gasteiger partial charge on any atom is 0.295 e. The van der Waals surface area contributed by atoms with Crippen molar-refractivity contribution in [1.29, 1.82) is 0 Å². The van der Waals surface area contributed by atoms with E-state index in [0.29, 0.717) is 24.0 Å². The lowest BCUT2D eigenvalue weighted by molar-refractivity contribution is -0.147. The van der Waals surface area contributed by atoms with E-state index in [1.54, 1.807) is 6.20 Å². The number of benzene rings is 2. The molecule has 0 radical (unpaired) electrons. The second kappa shape index (κ2) is 6.58. The van der Waals surface area contributed by atoms with Gasteiger partial charge in [0.25, 0.3) is 11.7 Å².